The number of nitrogens with one attached hydrogen (secondary N) is 1. The van der Waals surface area contributed by atoms with Gasteiger partial charge in [-0.15, -0.1) is 0 Å². The fourth-order valence-corrected chi connectivity index (χ4v) is 3.34. The molecule has 0 aromatic heterocycles. The van der Waals surface area contributed by atoms with Crippen LogP contribution in [0.2, 0.25) is 5.02 Å². The Bertz CT molecular complexity index is 933. The fraction of sp³-hybridized carbons (Fsp3) is 0.300. The number of nitrogens with zero attached hydrogens (tertiary/aromatic N) is 1. The SMILES string of the molecule is C[C@H]1Oc2ccccc2N(CC(=O)Nc2cc3c(cc2Cl)OCCCO3)C1=O. The maximum Gasteiger partial charge on any atom is 0.268 e. The van der Waals surface area contributed by atoms with E-state index in [-0.39, 0.29) is 18.4 Å². The van der Waals surface area contributed by atoms with Gasteiger partial charge in [-0.2, -0.15) is 0 Å². The third kappa shape index (κ3) is 3.57. The molecule has 0 spiro atoms. The molecule has 1 N–H and O–H groups in total. The summed E-state index contributed by atoms with van der Waals surface area (Å²) in [6.07, 6.45) is 0.106. The van der Waals surface area contributed by atoms with Gasteiger partial charge in [0, 0.05) is 18.6 Å². The Hall–Kier alpha value is -2.93. The van der Waals surface area contributed by atoms with Crippen LogP contribution in [-0.2, 0) is 9.59 Å². The first-order valence-electron chi connectivity index (χ1n) is 8.99. The van der Waals surface area contributed by atoms with Gasteiger partial charge >= 0.3 is 0 Å². The van der Waals surface area contributed by atoms with Crippen molar-refractivity contribution < 1.29 is 23.8 Å². The second kappa shape index (κ2) is 7.59. The first-order valence-corrected chi connectivity index (χ1v) is 9.37. The van der Waals surface area contributed by atoms with Gasteiger partial charge in [0.2, 0.25) is 5.91 Å². The number of carbonyl (C=O) groups is 2. The number of benzene rings is 2. The Morgan fingerprint density at radius 2 is 1.89 bits per heavy atom. The van der Waals surface area contributed by atoms with E-state index < -0.39 is 6.10 Å². The molecule has 8 heteroatoms. The molecule has 0 unspecified atom stereocenters. The van der Waals surface area contributed by atoms with Crippen LogP contribution in [0.3, 0.4) is 0 Å². The third-order valence-corrected chi connectivity index (χ3v) is 4.80. The summed E-state index contributed by atoms with van der Waals surface area (Å²) in [4.78, 5) is 26.6. The number of para-hydroxylation sites is 2. The standard InChI is InChI=1S/C20H19ClN2O5/c1-12-20(25)23(15-5-2-3-6-16(15)28-12)11-19(24)22-14-10-18-17(9-13(14)21)26-7-4-8-27-18/h2-3,5-6,9-10,12H,4,7-8,11H2,1H3,(H,22,24)/t12-/m1/s1. The lowest BCUT2D eigenvalue weighted by Crippen LogP contribution is -2.47. The smallest absolute Gasteiger partial charge is 0.268 e. The summed E-state index contributed by atoms with van der Waals surface area (Å²) in [6, 6.07) is 10.4. The zero-order chi connectivity index (χ0) is 19.7. The van der Waals surface area contributed by atoms with Crippen molar-refractivity contribution in [1.82, 2.24) is 0 Å². The average molecular weight is 403 g/mol. The van der Waals surface area contributed by atoms with Crippen LogP contribution in [0, 0.1) is 0 Å². The molecular weight excluding hydrogens is 384 g/mol. The zero-order valence-electron chi connectivity index (χ0n) is 15.2. The summed E-state index contributed by atoms with van der Waals surface area (Å²) in [5.41, 5.74) is 0.962. The monoisotopic (exact) mass is 402 g/mol. The quantitative estimate of drug-likeness (QED) is 0.852. The molecule has 2 aromatic carbocycles. The second-order valence-corrected chi connectivity index (χ2v) is 6.94. The van der Waals surface area contributed by atoms with E-state index >= 15 is 0 Å². The molecule has 0 aliphatic carbocycles. The molecule has 4 rings (SSSR count). The Labute approximate surface area is 167 Å². The molecule has 2 aliphatic heterocycles. The predicted octanol–water partition coefficient (Wildman–Crippen LogP) is 3.25. The van der Waals surface area contributed by atoms with E-state index in [1.807, 2.05) is 6.07 Å². The first-order chi connectivity index (χ1) is 13.5. The van der Waals surface area contributed by atoms with Crippen molar-refractivity contribution in [2.75, 3.05) is 30.0 Å². The van der Waals surface area contributed by atoms with Crippen molar-refractivity contribution in [1.29, 1.82) is 0 Å². The van der Waals surface area contributed by atoms with Gasteiger partial charge in [-0.25, -0.2) is 0 Å². The van der Waals surface area contributed by atoms with E-state index in [4.69, 9.17) is 25.8 Å². The lowest BCUT2D eigenvalue weighted by molar-refractivity contribution is -0.127. The van der Waals surface area contributed by atoms with Crippen molar-refractivity contribution >= 4 is 34.8 Å². The van der Waals surface area contributed by atoms with Crippen molar-refractivity contribution in [3.8, 4) is 17.2 Å². The number of fused-ring (bicyclic) bond motifs is 2. The van der Waals surface area contributed by atoms with Crippen molar-refractivity contribution in [3.63, 3.8) is 0 Å². The fourth-order valence-electron chi connectivity index (χ4n) is 3.13. The number of rotatable bonds is 3. The average Bonchev–Trinajstić information content (AvgIpc) is 2.90. The first kappa shape index (κ1) is 18.4. The Balaban J connectivity index is 1.53. The Morgan fingerprint density at radius 1 is 1.18 bits per heavy atom. The van der Waals surface area contributed by atoms with Crippen LogP contribution in [0.4, 0.5) is 11.4 Å². The molecule has 0 saturated heterocycles. The number of amides is 2. The third-order valence-electron chi connectivity index (χ3n) is 4.49. The van der Waals surface area contributed by atoms with Gasteiger partial charge in [0.1, 0.15) is 12.3 Å². The van der Waals surface area contributed by atoms with Crippen LogP contribution >= 0.6 is 11.6 Å². The van der Waals surface area contributed by atoms with E-state index in [0.29, 0.717) is 46.9 Å². The summed E-state index contributed by atoms with van der Waals surface area (Å²) < 4.78 is 16.8. The minimum absolute atomic E-state index is 0.158. The van der Waals surface area contributed by atoms with Gasteiger partial charge < -0.3 is 19.5 Å². The number of hydrogen-bond acceptors (Lipinski definition) is 5. The molecule has 0 saturated carbocycles. The lowest BCUT2D eigenvalue weighted by Gasteiger charge is -2.32. The minimum atomic E-state index is -0.663. The molecule has 0 fully saturated rings. The van der Waals surface area contributed by atoms with Crippen molar-refractivity contribution in [2.45, 2.75) is 19.4 Å². The van der Waals surface area contributed by atoms with Crippen LogP contribution in [0.25, 0.3) is 0 Å². The van der Waals surface area contributed by atoms with Crippen molar-refractivity contribution in [3.05, 3.63) is 41.4 Å². The van der Waals surface area contributed by atoms with Crippen LogP contribution in [-0.4, -0.2) is 37.7 Å². The number of ether oxygens (including phenoxy) is 3. The van der Waals surface area contributed by atoms with Crippen LogP contribution < -0.4 is 24.4 Å². The van der Waals surface area contributed by atoms with E-state index in [9.17, 15) is 9.59 Å². The molecule has 1 atom stereocenters. The Morgan fingerprint density at radius 3 is 2.68 bits per heavy atom. The van der Waals surface area contributed by atoms with E-state index in [1.165, 1.54) is 4.90 Å². The van der Waals surface area contributed by atoms with Gasteiger partial charge in [0.25, 0.3) is 5.91 Å². The number of halogens is 1. The second-order valence-electron chi connectivity index (χ2n) is 6.53. The molecule has 0 radical (unpaired) electrons. The highest BCUT2D eigenvalue weighted by molar-refractivity contribution is 6.34. The van der Waals surface area contributed by atoms with Gasteiger partial charge in [0.15, 0.2) is 17.6 Å². The highest BCUT2D eigenvalue weighted by atomic mass is 35.5. The van der Waals surface area contributed by atoms with Gasteiger partial charge in [0.05, 0.1) is 29.6 Å². The molecule has 7 nitrogen and oxygen atoms in total. The summed E-state index contributed by atoms with van der Waals surface area (Å²) >= 11 is 6.28. The van der Waals surface area contributed by atoms with Crippen LogP contribution in [0.1, 0.15) is 13.3 Å². The van der Waals surface area contributed by atoms with Gasteiger partial charge in [-0.3, -0.25) is 14.5 Å². The maximum atomic E-state index is 12.7. The molecular formula is C20H19ClN2O5. The summed E-state index contributed by atoms with van der Waals surface area (Å²) in [5, 5.41) is 3.09. The number of anilines is 2. The van der Waals surface area contributed by atoms with E-state index in [1.54, 1.807) is 37.3 Å². The van der Waals surface area contributed by atoms with Crippen molar-refractivity contribution in [2.24, 2.45) is 0 Å². The molecule has 146 valence electrons. The lowest BCUT2D eigenvalue weighted by atomic mass is 10.2. The molecule has 2 heterocycles. The normalized spacial score (nSPS) is 18.0. The minimum Gasteiger partial charge on any atom is -0.490 e. The van der Waals surface area contributed by atoms with Crippen LogP contribution in [0.15, 0.2) is 36.4 Å². The topological polar surface area (TPSA) is 77.1 Å². The van der Waals surface area contributed by atoms with Gasteiger partial charge in [-0.05, 0) is 19.1 Å². The summed E-state index contributed by atoms with van der Waals surface area (Å²) in [5.74, 6) is 0.980. The molecule has 0 bridgehead atoms. The largest absolute Gasteiger partial charge is 0.490 e. The van der Waals surface area contributed by atoms with Gasteiger partial charge in [-0.1, -0.05) is 23.7 Å². The molecule has 2 amide bonds. The predicted molar refractivity (Wildman–Crippen MR) is 105 cm³/mol. The van der Waals surface area contributed by atoms with E-state index in [2.05, 4.69) is 5.32 Å². The van der Waals surface area contributed by atoms with Crippen LogP contribution in [0.5, 0.6) is 17.2 Å². The molecule has 28 heavy (non-hydrogen) atoms. The number of carbonyl (C=O) groups excluding carboxylic acids is 2. The maximum absolute atomic E-state index is 12.7. The Kier molecular flexibility index (Phi) is 5.00. The molecule has 2 aliphatic rings. The summed E-state index contributed by atoms with van der Waals surface area (Å²) in [7, 11) is 0. The number of hydrogen-bond donors (Lipinski definition) is 1. The highest BCUT2D eigenvalue weighted by Gasteiger charge is 2.32. The summed E-state index contributed by atoms with van der Waals surface area (Å²) in [6.45, 7) is 2.57. The van der Waals surface area contributed by atoms with E-state index in [0.717, 1.165) is 6.42 Å². The highest BCUT2D eigenvalue weighted by Crippen LogP contribution is 2.38. The molecule has 2 aromatic rings. The zero-order valence-corrected chi connectivity index (χ0v) is 16.0.